The highest BCUT2D eigenvalue weighted by Crippen LogP contribution is 2.42. The summed E-state index contributed by atoms with van der Waals surface area (Å²) in [6, 6.07) is 6.79. The summed E-state index contributed by atoms with van der Waals surface area (Å²) in [5, 5.41) is 39.1. The number of H-pyrrole nitrogens is 2. The summed E-state index contributed by atoms with van der Waals surface area (Å²) in [4.78, 5) is 132. The second-order valence-corrected chi connectivity index (χ2v) is 21.9. The lowest BCUT2D eigenvalue weighted by Gasteiger charge is -2.29. The number of hydrogen-bond donors (Lipinski definition) is 14. The predicted octanol–water partition coefficient (Wildman–Crippen LogP) is 1.19. The molecular weight excluding hydrogens is 1030 g/mol. The van der Waals surface area contributed by atoms with E-state index in [4.69, 9.17) is 5.73 Å². The standard InChI is InChI=1S/C56H78N14O10/c1-29(2)18-35(25-60-45(56(79)80)19-30(3)4)65-54(77)44(21-34-24-58-28-63-34)67-48(72)27-62-55(78)49(31(5)6)70-50(73)32(7)64-53(76)43(20-33-23-59-39-14-10-8-12-36(33)39)69-51(74)41(16-17-47(57)71)68-52(75)42-22-38-37-13-9-11-15-40(37)66-46(38)26-61-42/h8-15,23-24,26,28-32,35,38,41-45,49,59-61,66H,16-22,25,27H2,1-7H3,(H2,57,71)(H,58,63)(H,62,78)(H,64,76)(H,65,77)(H,67,72)(H,68,75)(H,69,74)(H,70,73)(H,79,80)/t32-,35-,38?,41-,42?,43-,44-,45-,49-/m0/s1. The molecule has 0 radical (unpaired) electrons. The van der Waals surface area contributed by atoms with Gasteiger partial charge in [0.1, 0.15) is 42.3 Å². The number of nitrogens with one attached hydrogen (secondary N) is 12. The summed E-state index contributed by atoms with van der Waals surface area (Å²) in [6.07, 6.45) is 7.14. The first-order valence-electron chi connectivity index (χ1n) is 27.2. The first-order chi connectivity index (χ1) is 38.1. The van der Waals surface area contributed by atoms with Gasteiger partial charge in [0.15, 0.2) is 0 Å². The number of allylic oxidation sites excluding steroid dienone is 1. The Labute approximate surface area is 464 Å². The number of nitrogens with zero attached hydrogens (tertiary/aromatic N) is 1. The molecule has 0 saturated carbocycles. The third kappa shape index (κ3) is 17.4. The molecule has 0 spiro atoms. The molecule has 2 aromatic heterocycles. The highest BCUT2D eigenvalue weighted by molar-refractivity contribution is 5.97. The number of carbonyl (C=O) groups excluding carboxylic acids is 8. The molecule has 8 amide bonds. The number of aromatic amines is 2. The smallest absolute Gasteiger partial charge is 0.320 e. The van der Waals surface area contributed by atoms with Crippen LogP contribution in [0.4, 0.5) is 5.69 Å². The van der Waals surface area contributed by atoms with Crippen LogP contribution >= 0.6 is 0 Å². The number of carboxylic acid groups (broad SMARTS) is 1. The van der Waals surface area contributed by atoms with Gasteiger partial charge in [-0.3, -0.25) is 43.2 Å². The summed E-state index contributed by atoms with van der Waals surface area (Å²) < 4.78 is 0. The van der Waals surface area contributed by atoms with Gasteiger partial charge in [-0.15, -0.1) is 0 Å². The van der Waals surface area contributed by atoms with E-state index in [1.54, 1.807) is 26.2 Å². The number of rotatable bonds is 30. The minimum Gasteiger partial charge on any atom is -0.480 e. The number of amides is 8. The number of imidazole rings is 1. The number of aliphatic carboxylic acids is 1. The van der Waals surface area contributed by atoms with Crippen molar-refractivity contribution in [2.24, 2.45) is 23.5 Å². The molecule has 0 saturated heterocycles. The Kier molecular flexibility index (Phi) is 21.8. The molecule has 432 valence electrons. The summed E-state index contributed by atoms with van der Waals surface area (Å²) in [6.45, 7) is 12.1. The second kappa shape index (κ2) is 28.6. The molecule has 2 unspecified atom stereocenters. The lowest BCUT2D eigenvalue weighted by molar-refractivity contribution is -0.140. The fourth-order valence-corrected chi connectivity index (χ4v) is 9.85. The first-order valence-corrected chi connectivity index (χ1v) is 27.2. The van der Waals surface area contributed by atoms with Crippen molar-refractivity contribution >= 4 is 69.8 Å². The Hall–Kier alpha value is -8.28. The van der Waals surface area contributed by atoms with Gasteiger partial charge in [-0.2, -0.15) is 0 Å². The van der Waals surface area contributed by atoms with Gasteiger partial charge in [-0.05, 0) is 73.6 Å². The highest BCUT2D eigenvalue weighted by atomic mass is 16.4. The van der Waals surface area contributed by atoms with Crippen molar-refractivity contribution in [3.05, 3.63) is 96.0 Å². The molecule has 9 atom stereocenters. The van der Waals surface area contributed by atoms with Crippen LogP contribution in [0, 0.1) is 17.8 Å². The number of carbonyl (C=O) groups is 9. The summed E-state index contributed by atoms with van der Waals surface area (Å²) >= 11 is 0. The molecule has 4 heterocycles. The average Bonchev–Trinajstić information content (AvgIpc) is 4.26. The van der Waals surface area contributed by atoms with Crippen molar-refractivity contribution in [1.82, 2.24) is 62.8 Å². The van der Waals surface area contributed by atoms with Crippen molar-refractivity contribution in [3.8, 4) is 0 Å². The van der Waals surface area contributed by atoms with E-state index in [0.717, 1.165) is 27.9 Å². The predicted molar refractivity (Wildman–Crippen MR) is 299 cm³/mol. The van der Waals surface area contributed by atoms with Crippen LogP contribution in [-0.4, -0.2) is 135 Å². The lowest BCUT2D eigenvalue weighted by Crippen LogP contribution is -2.59. The maximum atomic E-state index is 14.3. The van der Waals surface area contributed by atoms with E-state index in [1.807, 2.05) is 76.2 Å². The van der Waals surface area contributed by atoms with E-state index in [2.05, 4.69) is 68.1 Å². The van der Waals surface area contributed by atoms with E-state index in [9.17, 15) is 48.3 Å². The van der Waals surface area contributed by atoms with Crippen molar-refractivity contribution < 1.29 is 48.3 Å². The normalized spacial score (nSPS) is 17.1. The van der Waals surface area contributed by atoms with Crippen LogP contribution in [0.1, 0.15) is 103 Å². The summed E-state index contributed by atoms with van der Waals surface area (Å²) in [7, 11) is 0. The third-order valence-corrected chi connectivity index (χ3v) is 14.0. The number of hydrogen-bond acceptors (Lipinski definition) is 13. The van der Waals surface area contributed by atoms with Gasteiger partial charge in [0, 0.05) is 84.3 Å². The average molecular weight is 1110 g/mol. The molecule has 0 fully saturated rings. The van der Waals surface area contributed by atoms with Crippen molar-refractivity contribution in [1.29, 1.82) is 0 Å². The summed E-state index contributed by atoms with van der Waals surface area (Å²) in [5.41, 5.74) is 10.3. The van der Waals surface area contributed by atoms with E-state index in [0.29, 0.717) is 30.5 Å². The van der Waals surface area contributed by atoms with E-state index in [1.165, 1.54) is 19.4 Å². The minimum absolute atomic E-state index is 0.0109. The molecule has 2 aliphatic heterocycles. The van der Waals surface area contributed by atoms with Crippen molar-refractivity contribution in [3.63, 3.8) is 0 Å². The number of aromatic nitrogens is 3. The first kappa shape index (κ1) is 60.9. The number of primary amides is 1. The van der Waals surface area contributed by atoms with Crippen molar-refractivity contribution in [2.75, 3.05) is 18.4 Å². The van der Waals surface area contributed by atoms with Gasteiger partial charge in [-0.1, -0.05) is 77.9 Å². The third-order valence-electron chi connectivity index (χ3n) is 14.0. The monoisotopic (exact) mass is 1110 g/mol. The number of para-hydroxylation sites is 2. The fourth-order valence-electron chi connectivity index (χ4n) is 9.85. The Morgan fingerprint density at radius 1 is 0.725 bits per heavy atom. The van der Waals surface area contributed by atoms with Crippen LogP contribution in [0.15, 0.2) is 79.1 Å². The van der Waals surface area contributed by atoms with E-state index < -0.39 is 114 Å². The van der Waals surface area contributed by atoms with Gasteiger partial charge >= 0.3 is 5.97 Å². The van der Waals surface area contributed by atoms with Crippen molar-refractivity contribution in [2.45, 2.75) is 148 Å². The van der Waals surface area contributed by atoms with Gasteiger partial charge in [0.05, 0.1) is 12.9 Å². The van der Waals surface area contributed by atoms with Crippen LogP contribution < -0.4 is 58.9 Å². The Morgan fingerprint density at radius 3 is 2.10 bits per heavy atom. The zero-order valence-corrected chi connectivity index (χ0v) is 46.4. The molecule has 24 nitrogen and oxygen atoms in total. The van der Waals surface area contributed by atoms with Gasteiger partial charge in [0.25, 0.3) is 0 Å². The molecule has 0 bridgehead atoms. The Morgan fingerprint density at radius 2 is 1.41 bits per heavy atom. The van der Waals surface area contributed by atoms with E-state index >= 15 is 0 Å². The maximum absolute atomic E-state index is 14.3. The zero-order chi connectivity index (χ0) is 58.2. The molecule has 2 aromatic carbocycles. The number of carboxylic acids is 1. The quantitative estimate of drug-likeness (QED) is 0.0349. The molecule has 2 aliphatic rings. The SMILES string of the molecule is CC(C)C[C@@H](CN[C@@H](CC(C)C)C(=O)O)NC(=O)[C@H](Cc1cnc[nH]1)NC(=O)CNC(=O)[C@@H](NC(=O)[C@H](C)NC(=O)[C@H](Cc1c[nH]c2ccccc12)NC(=O)[C@H](CCC(N)=O)NC(=O)C1CC2C(=CN1)Nc1ccccc12)C(C)C. The van der Waals surface area contributed by atoms with Crippen LogP contribution in [0.3, 0.4) is 0 Å². The van der Waals surface area contributed by atoms with E-state index in [-0.39, 0.29) is 50.0 Å². The maximum Gasteiger partial charge on any atom is 0.320 e. The molecule has 0 aliphatic carbocycles. The van der Waals surface area contributed by atoms with Crippen LogP contribution in [0.25, 0.3) is 10.9 Å². The topological polar surface area (TPSA) is 365 Å². The molecular formula is C56H78N14O10. The molecule has 6 rings (SSSR count). The molecule has 80 heavy (non-hydrogen) atoms. The number of anilines is 1. The molecule has 24 heteroatoms. The largest absolute Gasteiger partial charge is 0.480 e. The van der Waals surface area contributed by atoms with Gasteiger partial charge in [-0.25, -0.2) is 4.98 Å². The second-order valence-electron chi connectivity index (χ2n) is 21.9. The molecule has 4 aromatic rings. The lowest BCUT2D eigenvalue weighted by atomic mass is 9.89. The molecule has 15 N–H and O–H groups in total. The van der Waals surface area contributed by atoms with Crippen LogP contribution in [0.2, 0.25) is 0 Å². The fraction of sp³-hybridized carbons (Fsp3) is 0.500. The highest BCUT2D eigenvalue weighted by Gasteiger charge is 2.37. The van der Waals surface area contributed by atoms with Crippen LogP contribution in [0.5, 0.6) is 0 Å². The summed E-state index contributed by atoms with van der Waals surface area (Å²) in [5.74, 6) is -6.91. The Bertz CT molecular complexity index is 2870. The van der Waals surface area contributed by atoms with Crippen LogP contribution in [-0.2, 0) is 56.0 Å². The minimum atomic E-state index is -1.33. The number of benzene rings is 2. The Balaban J connectivity index is 1.09. The number of nitrogens with two attached hydrogens (primary N) is 1. The zero-order valence-electron chi connectivity index (χ0n) is 46.4. The van der Waals surface area contributed by atoms with Gasteiger partial charge < -0.3 is 74.0 Å². The number of fused-ring (bicyclic) bond motifs is 4. The van der Waals surface area contributed by atoms with Gasteiger partial charge in [0.2, 0.25) is 47.3 Å².